The molecule has 1 N–H and O–H groups in total. The van der Waals surface area contributed by atoms with Crippen LogP contribution in [0.15, 0.2) is 29.9 Å². The summed E-state index contributed by atoms with van der Waals surface area (Å²) in [7, 11) is 0. The molecule has 2 rings (SSSR count). The van der Waals surface area contributed by atoms with Gasteiger partial charge in [-0.25, -0.2) is 0 Å². The highest BCUT2D eigenvalue weighted by Crippen LogP contribution is 2.23. The third-order valence-electron chi connectivity index (χ3n) is 2.53. The second kappa shape index (κ2) is 5.29. The minimum Gasteiger partial charge on any atom is -0.488 e. The Morgan fingerprint density at radius 2 is 2.29 bits per heavy atom. The van der Waals surface area contributed by atoms with Gasteiger partial charge in [0.1, 0.15) is 12.4 Å². The predicted molar refractivity (Wildman–Crippen MR) is 68.3 cm³/mol. The lowest BCUT2D eigenvalue weighted by atomic mass is 10.1. The fraction of sp³-hybridized carbons (Fsp3) is 0.308. The molecular formula is C13H15NO2S. The van der Waals surface area contributed by atoms with Gasteiger partial charge in [-0.3, -0.25) is 4.98 Å². The minimum absolute atomic E-state index is 0.441. The number of aliphatic hydroxyl groups excluding tert-OH is 1. The first kappa shape index (κ1) is 12.1. The molecule has 0 saturated carbocycles. The molecule has 0 bridgehead atoms. The van der Waals surface area contributed by atoms with E-state index in [0.717, 1.165) is 21.8 Å². The van der Waals surface area contributed by atoms with Crippen molar-refractivity contribution in [1.29, 1.82) is 0 Å². The van der Waals surface area contributed by atoms with E-state index in [1.165, 1.54) is 0 Å². The Kier molecular flexibility index (Phi) is 3.76. The molecule has 3 nitrogen and oxygen atoms in total. The van der Waals surface area contributed by atoms with Crippen LogP contribution in [-0.4, -0.2) is 10.1 Å². The first-order valence-corrected chi connectivity index (χ1v) is 6.33. The number of aromatic nitrogens is 1. The molecule has 1 aromatic heterocycles. The standard InChI is InChI=1S/C13H15NO2S/c1-9-5-11(10(2)15)3-4-13(9)16-7-12-6-14-8-17-12/h3-6,8,10,15H,7H2,1-2H3. The van der Waals surface area contributed by atoms with Crippen LogP contribution in [0, 0.1) is 6.92 Å². The minimum atomic E-state index is -0.441. The van der Waals surface area contributed by atoms with E-state index in [2.05, 4.69) is 4.98 Å². The molecule has 0 radical (unpaired) electrons. The van der Waals surface area contributed by atoms with Crippen molar-refractivity contribution in [2.45, 2.75) is 26.6 Å². The molecule has 90 valence electrons. The van der Waals surface area contributed by atoms with Gasteiger partial charge in [0.25, 0.3) is 0 Å². The third-order valence-corrected chi connectivity index (χ3v) is 3.29. The van der Waals surface area contributed by atoms with Gasteiger partial charge < -0.3 is 9.84 Å². The largest absolute Gasteiger partial charge is 0.488 e. The van der Waals surface area contributed by atoms with Gasteiger partial charge in [-0.15, -0.1) is 11.3 Å². The summed E-state index contributed by atoms with van der Waals surface area (Å²) in [6.45, 7) is 4.28. The monoisotopic (exact) mass is 249 g/mol. The molecule has 1 heterocycles. The lowest BCUT2D eigenvalue weighted by Crippen LogP contribution is -1.97. The zero-order valence-electron chi connectivity index (χ0n) is 9.88. The number of hydrogen-bond donors (Lipinski definition) is 1. The van der Waals surface area contributed by atoms with Gasteiger partial charge in [-0.1, -0.05) is 6.07 Å². The fourth-order valence-corrected chi connectivity index (χ4v) is 2.06. The van der Waals surface area contributed by atoms with Gasteiger partial charge in [-0.2, -0.15) is 0 Å². The van der Waals surface area contributed by atoms with Crippen LogP contribution in [0.3, 0.4) is 0 Å². The van der Waals surface area contributed by atoms with Crippen molar-refractivity contribution >= 4 is 11.3 Å². The Labute approximate surface area is 105 Å². The summed E-state index contributed by atoms with van der Waals surface area (Å²) in [5.41, 5.74) is 3.74. The molecule has 1 atom stereocenters. The van der Waals surface area contributed by atoms with Crippen molar-refractivity contribution in [3.63, 3.8) is 0 Å². The SMILES string of the molecule is Cc1cc(C(C)O)ccc1OCc1cncs1. The predicted octanol–water partition coefficient (Wildman–Crippen LogP) is 3.08. The van der Waals surface area contributed by atoms with Crippen molar-refractivity contribution in [2.24, 2.45) is 0 Å². The molecule has 4 heteroatoms. The fourth-order valence-electron chi connectivity index (χ4n) is 1.56. The van der Waals surface area contributed by atoms with Crippen LogP contribution in [0.2, 0.25) is 0 Å². The smallest absolute Gasteiger partial charge is 0.124 e. The first-order valence-electron chi connectivity index (χ1n) is 5.45. The van der Waals surface area contributed by atoms with Gasteiger partial charge in [0.05, 0.1) is 16.5 Å². The molecular weight excluding hydrogens is 234 g/mol. The number of aryl methyl sites for hydroxylation is 1. The van der Waals surface area contributed by atoms with Gasteiger partial charge >= 0.3 is 0 Å². The Morgan fingerprint density at radius 1 is 1.47 bits per heavy atom. The maximum Gasteiger partial charge on any atom is 0.124 e. The summed E-state index contributed by atoms with van der Waals surface area (Å²) in [5, 5.41) is 9.47. The lowest BCUT2D eigenvalue weighted by Gasteiger charge is -2.11. The normalized spacial score (nSPS) is 12.4. The van der Waals surface area contributed by atoms with Crippen LogP contribution in [0.25, 0.3) is 0 Å². The Bertz CT molecular complexity index is 480. The van der Waals surface area contributed by atoms with Crippen molar-refractivity contribution in [3.8, 4) is 5.75 Å². The van der Waals surface area contributed by atoms with Crippen LogP contribution < -0.4 is 4.74 Å². The third kappa shape index (κ3) is 3.05. The topological polar surface area (TPSA) is 42.4 Å². The Balaban J connectivity index is 2.06. The van der Waals surface area contributed by atoms with E-state index in [9.17, 15) is 5.11 Å². The van der Waals surface area contributed by atoms with E-state index in [0.29, 0.717) is 6.61 Å². The molecule has 2 aromatic rings. The highest BCUT2D eigenvalue weighted by atomic mass is 32.1. The molecule has 1 unspecified atom stereocenters. The van der Waals surface area contributed by atoms with E-state index in [-0.39, 0.29) is 0 Å². The van der Waals surface area contributed by atoms with Gasteiger partial charge in [0, 0.05) is 6.20 Å². The van der Waals surface area contributed by atoms with E-state index >= 15 is 0 Å². The van der Waals surface area contributed by atoms with Gasteiger partial charge in [-0.05, 0) is 37.1 Å². The van der Waals surface area contributed by atoms with Crippen LogP contribution in [0.5, 0.6) is 5.75 Å². The summed E-state index contributed by atoms with van der Waals surface area (Å²) in [5.74, 6) is 0.850. The molecule has 0 fully saturated rings. The second-order valence-electron chi connectivity index (χ2n) is 3.96. The molecule has 0 amide bonds. The maximum atomic E-state index is 9.47. The molecule has 17 heavy (non-hydrogen) atoms. The number of thiazole rings is 1. The quantitative estimate of drug-likeness (QED) is 0.905. The molecule has 0 aliphatic heterocycles. The van der Waals surface area contributed by atoms with Crippen molar-refractivity contribution < 1.29 is 9.84 Å². The van der Waals surface area contributed by atoms with Crippen LogP contribution in [-0.2, 0) is 6.61 Å². The highest BCUT2D eigenvalue weighted by molar-refractivity contribution is 7.09. The number of benzene rings is 1. The van der Waals surface area contributed by atoms with Crippen LogP contribution >= 0.6 is 11.3 Å². The van der Waals surface area contributed by atoms with Gasteiger partial charge in [0.2, 0.25) is 0 Å². The average Bonchev–Trinajstić information content (AvgIpc) is 2.80. The number of nitrogens with zero attached hydrogens (tertiary/aromatic N) is 1. The molecule has 0 saturated heterocycles. The van der Waals surface area contributed by atoms with E-state index in [1.54, 1.807) is 23.8 Å². The molecule has 1 aromatic carbocycles. The summed E-state index contributed by atoms with van der Waals surface area (Å²) >= 11 is 1.58. The van der Waals surface area contributed by atoms with Crippen molar-refractivity contribution in [1.82, 2.24) is 4.98 Å². The summed E-state index contributed by atoms with van der Waals surface area (Å²) in [6.07, 6.45) is 1.37. The Morgan fingerprint density at radius 3 is 2.88 bits per heavy atom. The summed E-state index contributed by atoms with van der Waals surface area (Å²) in [4.78, 5) is 5.10. The number of hydrogen-bond acceptors (Lipinski definition) is 4. The lowest BCUT2D eigenvalue weighted by molar-refractivity contribution is 0.199. The second-order valence-corrected chi connectivity index (χ2v) is 4.93. The molecule has 0 aliphatic carbocycles. The zero-order valence-corrected chi connectivity index (χ0v) is 10.7. The van der Waals surface area contributed by atoms with Crippen molar-refractivity contribution in [3.05, 3.63) is 45.9 Å². The van der Waals surface area contributed by atoms with Crippen molar-refractivity contribution in [2.75, 3.05) is 0 Å². The number of ether oxygens (including phenoxy) is 1. The Hall–Kier alpha value is -1.39. The van der Waals surface area contributed by atoms with Crippen LogP contribution in [0.4, 0.5) is 0 Å². The van der Waals surface area contributed by atoms with E-state index in [4.69, 9.17) is 4.74 Å². The van der Waals surface area contributed by atoms with Gasteiger partial charge in [0.15, 0.2) is 0 Å². The van der Waals surface area contributed by atoms with E-state index in [1.807, 2.05) is 31.3 Å². The number of aliphatic hydroxyl groups is 1. The molecule has 0 aliphatic rings. The summed E-state index contributed by atoms with van der Waals surface area (Å²) in [6, 6.07) is 5.74. The zero-order chi connectivity index (χ0) is 12.3. The maximum absolute atomic E-state index is 9.47. The first-order chi connectivity index (χ1) is 8.16. The average molecular weight is 249 g/mol. The summed E-state index contributed by atoms with van der Waals surface area (Å²) < 4.78 is 5.70. The van der Waals surface area contributed by atoms with Crippen LogP contribution in [0.1, 0.15) is 29.0 Å². The highest BCUT2D eigenvalue weighted by Gasteiger charge is 2.05. The van der Waals surface area contributed by atoms with E-state index < -0.39 is 6.10 Å². The number of rotatable bonds is 4. The molecule has 0 spiro atoms.